The van der Waals surface area contributed by atoms with E-state index in [1.54, 1.807) is 10.9 Å². The lowest BCUT2D eigenvalue weighted by Gasteiger charge is -2.22. The Labute approximate surface area is 155 Å². The van der Waals surface area contributed by atoms with E-state index in [1.165, 1.54) is 0 Å². The molecule has 1 aliphatic heterocycles. The summed E-state index contributed by atoms with van der Waals surface area (Å²) in [5.41, 5.74) is 9.72. The molecule has 1 unspecified atom stereocenters. The maximum atomic E-state index is 12.3. The van der Waals surface area contributed by atoms with Crippen LogP contribution in [0.15, 0.2) is 18.5 Å². The Bertz CT molecular complexity index is 970. The van der Waals surface area contributed by atoms with Gasteiger partial charge in [0.15, 0.2) is 0 Å². The highest BCUT2D eigenvalue weighted by molar-refractivity contribution is 6.00. The number of carbonyl (C=O) groups excluding carboxylic acids is 2. The normalized spacial score (nSPS) is 17.2. The highest BCUT2D eigenvalue weighted by atomic mass is 19.4. The van der Waals surface area contributed by atoms with Gasteiger partial charge in [0.05, 0.1) is 12.2 Å². The van der Waals surface area contributed by atoms with E-state index in [1.807, 2.05) is 12.3 Å². The average Bonchev–Trinajstić information content (AvgIpc) is 3.01. The number of aryl methyl sites for hydroxylation is 1. The van der Waals surface area contributed by atoms with E-state index >= 15 is 0 Å². The number of rotatable bonds is 1. The summed E-state index contributed by atoms with van der Waals surface area (Å²) in [6.07, 6.45) is 0.0564. The third-order valence-corrected chi connectivity index (χ3v) is 4.32. The Balaban J connectivity index is 0.000000279. The summed E-state index contributed by atoms with van der Waals surface area (Å²) in [6.45, 7) is 0.282. The quantitative estimate of drug-likeness (QED) is 0.631. The predicted octanol–water partition coefficient (Wildman–Crippen LogP) is 0.274. The molecule has 148 valence electrons. The van der Waals surface area contributed by atoms with E-state index in [0.29, 0.717) is 5.69 Å². The summed E-state index contributed by atoms with van der Waals surface area (Å²) in [5, 5.41) is 14.3. The number of nitrogens with two attached hydrogens (primary N) is 1. The molecule has 1 aliphatic carbocycles. The summed E-state index contributed by atoms with van der Waals surface area (Å²) in [7, 11) is 0. The Kier molecular flexibility index (Phi) is 4.79. The fraction of sp³-hybridized carbons (Fsp3) is 0.312. The first-order valence-electron chi connectivity index (χ1n) is 8.02. The topological polar surface area (TPSA) is 140 Å². The molecule has 4 rings (SSSR count). The molecule has 0 spiro atoms. The summed E-state index contributed by atoms with van der Waals surface area (Å²) >= 11 is 0. The molecular formula is C16H14F3N5O4. The molecule has 2 amide bonds. The van der Waals surface area contributed by atoms with E-state index in [2.05, 4.69) is 15.4 Å². The Morgan fingerprint density at radius 3 is 2.61 bits per heavy atom. The summed E-state index contributed by atoms with van der Waals surface area (Å²) in [4.78, 5) is 36.6. The smallest absolute Gasteiger partial charge is 0.475 e. The molecule has 2 aromatic rings. The van der Waals surface area contributed by atoms with Gasteiger partial charge in [-0.05, 0) is 24.5 Å². The number of carboxylic acid groups (broad SMARTS) is 1. The standard InChI is InChI=1S/C14H13N5O2.C2HF3O2/c15-13(20)10-6-19-12(14(21)17-10)9-2-1-7-5-16-4-3-8(7)11(9)18-19;3-2(4,5)1(6)7/h3-5,10H,1-2,6H2,(H2,15,20)(H,17,21);(H,6,7). The minimum absolute atomic E-state index is 0.281. The van der Waals surface area contributed by atoms with Gasteiger partial charge in [-0.1, -0.05) is 0 Å². The Morgan fingerprint density at radius 1 is 1.32 bits per heavy atom. The molecule has 12 heteroatoms. The van der Waals surface area contributed by atoms with Gasteiger partial charge in [-0.2, -0.15) is 18.3 Å². The third-order valence-electron chi connectivity index (χ3n) is 4.32. The zero-order chi connectivity index (χ0) is 20.6. The van der Waals surface area contributed by atoms with Crippen molar-refractivity contribution in [3.05, 3.63) is 35.3 Å². The van der Waals surface area contributed by atoms with Crippen molar-refractivity contribution in [3.63, 3.8) is 0 Å². The average molecular weight is 397 g/mol. The van der Waals surface area contributed by atoms with Crippen molar-refractivity contribution in [1.82, 2.24) is 20.1 Å². The minimum Gasteiger partial charge on any atom is -0.475 e. The molecule has 1 atom stereocenters. The lowest BCUT2D eigenvalue weighted by atomic mass is 9.90. The molecule has 3 heterocycles. The third kappa shape index (κ3) is 3.52. The number of carbonyl (C=O) groups is 3. The van der Waals surface area contributed by atoms with Crippen LogP contribution in [0.1, 0.15) is 21.6 Å². The SMILES string of the molecule is NC(=O)C1Cn2nc3c(c2C(=O)N1)CCc1cnccc1-3.O=C(O)C(F)(F)F. The van der Waals surface area contributed by atoms with E-state index in [0.717, 1.165) is 35.2 Å². The minimum atomic E-state index is -5.08. The lowest BCUT2D eigenvalue weighted by Crippen LogP contribution is -2.51. The van der Waals surface area contributed by atoms with Crippen LogP contribution in [-0.4, -0.2) is 49.9 Å². The molecule has 0 radical (unpaired) electrons. The van der Waals surface area contributed by atoms with Crippen LogP contribution < -0.4 is 11.1 Å². The molecule has 28 heavy (non-hydrogen) atoms. The fourth-order valence-corrected chi connectivity index (χ4v) is 3.06. The molecule has 2 aromatic heterocycles. The number of nitrogens with zero attached hydrogens (tertiary/aromatic N) is 3. The number of hydrogen-bond acceptors (Lipinski definition) is 5. The fourth-order valence-electron chi connectivity index (χ4n) is 3.06. The number of aromatic nitrogens is 3. The van der Waals surface area contributed by atoms with Gasteiger partial charge in [0, 0.05) is 23.5 Å². The maximum absolute atomic E-state index is 12.3. The van der Waals surface area contributed by atoms with Crippen LogP contribution in [0, 0.1) is 0 Å². The summed E-state index contributed by atoms with van der Waals surface area (Å²) in [6, 6.07) is 1.21. The number of aliphatic carboxylic acids is 1. The summed E-state index contributed by atoms with van der Waals surface area (Å²) < 4.78 is 33.3. The molecule has 0 bridgehead atoms. The first-order valence-corrected chi connectivity index (χ1v) is 8.02. The van der Waals surface area contributed by atoms with Crippen LogP contribution in [0.25, 0.3) is 11.3 Å². The van der Waals surface area contributed by atoms with Gasteiger partial charge in [0.1, 0.15) is 11.7 Å². The van der Waals surface area contributed by atoms with E-state index < -0.39 is 24.1 Å². The number of alkyl halides is 3. The second kappa shape index (κ2) is 6.94. The van der Waals surface area contributed by atoms with Crippen molar-refractivity contribution in [2.45, 2.75) is 31.6 Å². The highest BCUT2D eigenvalue weighted by Crippen LogP contribution is 2.34. The van der Waals surface area contributed by atoms with E-state index in [9.17, 15) is 22.8 Å². The van der Waals surface area contributed by atoms with Crippen molar-refractivity contribution in [2.24, 2.45) is 5.73 Å². The molecule has 0 saturated heterocycles. The number of fused-ring (bicyclic) bond motifs is 5. The number of amides is 2. The van der Waals surface area contributed by atoms with E-state index in [4.69, 9.17) is 15.6 Å². The van der Waals surface area contributed by atoms with Crippen LogP contribution in [0.3, 0.4) is 0 Å². The number of hydrogen-bond donors (Lipinski definition) is 3. The zero-order valence-electron chi connectivity index (χ0n) is 14.2. The van der Waals surface area contributed by atoms with Crippen molar-refractivity contribution in [3.8, 4) is 11.3 Å². The number of halogens is 3. The molecule has 2 aliphatic rings. The molecular weight excluding hydrogens is 383 g/mol. The first-order chi connectivity index (χ1) is 13.1. The Hall–Kier alpha value is -3.44. The molecule has 0 fully saturated rings. The zero-order valence-corrected chi connectivity index (χ0v) is 14.2. The molecule has 4 N–H and O–H groups in total. The van der Waals surface area contributed by atoms with Crippen LogP contribution in [0.4, 0.5) is 13.2 Å². The van der Waals surface area contributed by atoms with Crippen molar-refractivity contribution >= 4 is 17.8 Å². The monoisotopic (exact) mass is 397 g/mol. The predicted molar refractivity (Wildman–Crippen MR) is 87.0 cm³/mol. The first kappa shape index (κ1) is 19.3. The van der Waals surface area contributed by atoms with Gasteiger partial charge in [-0.3, -0.25) is 19.3 Å². The summed E-state index contributed by atoms with van der Waals surface area (Å²) in [5.74, 6) is -3.59. The highest BCUT2D eigenvalue weighted by Gasteiger charge is 2.38. The van der Waals surface area contributed by atoms with Gasteiger partial charge >= 0.3 is 12.1 Å². The number of pyridine rings is 1. The van der Waals surface area contributed by atoms with E-state index in [-0.39, 0.29) is 12.5 Å². The Morgan fingerprint density at radius 2 is 2.00 bits per heavy atom. The van der Waals surface area contributed by atoms with Crippen molar-refractivity contribution < 1.29 is 32.7 Å². The van der Waals surface area contributed by atoms with Gasteiger partial charge in [0.2, 0.25) is 5.91 Å². The number of primary amides is 1. The van der Waals surface area contributed by atoms with Gasteiger partial charge < -0.3 is 16.2 Å². The lowest BCUT2D eigenvalue weighted by molar-refractivity contribution is -0.192. The van der Waals surface area contributed by atoms with Crippen LogP contribution >= 0.6 is 0 Å². The second-order valence-corrected chi connectivity index (χ2v) is 6.12. The number of nitrogens with one attached hydrogen (secondary N) is 1. The second-order valence-electron chi connectivity index (χ2n) is 6.12. The van der Waals surface area contributed by atoms with Gasteiger partial charge in [-0.25, -0.2) is 4.79 Å². The van der Waals surface area contributed by atoms with Crippen molar-refractivity contribution in [1.29, 1.82) is 0 Å². The van der Waals surface area contributed by atoms with Crippen LogP contribution in [-0.2, 0) is 29.0 Å². The van der Waals surface area contributed by atoms with Crippen molar-refractivity contribution in [2.75, 3.05) is 0 Å². The number of carboxylic acids is 1. The molecule has 0 saturated carbocycles. The largest absolute Gasteiger partial charge is 0.490 e. The molecule has 0 aromatic carbocycles. The molecule has 9 nitrogen and oxygen atoms in total. The van der Waals surface area contributed by atoms with Gasteiger partial charge in [0.25, 0.3) is 5.91 Å². The van der Waals surface area contributed by atoms with Crippen LogP contribution in [0.2, 0.25) is 0 Å². The maximum Gasteiger partial charge on any atom is 0.490 e. The van der Waals surface area contributed by atoms with Gasteiger partial charge in [-0.15, -0.1) is 0 Å². The van der Waals surface area contributed by atoms with Crippen LogP contribution in [0.5, 0.6) is 0 Å².